The van der Waals surface area contributed by atoms with Crippen LogP contribution in [0.1, 0.15) is 29.8 Å². The van der Waals surface area contributed by atoms with Crippen LogP contribution in [-0.2, 0) is 5.54 Å². The highest BCUT2D eigenvalue weighted by Gasteiger charge is 2.25. The Hall–Kier alpha value is -2.56. The van der Waals surface area contributed by atoms with Crippen LogP contribution < -0.4 is 14.8 Å². The lowest BCUT2D eigenvalue weighted by Crippen LogP contribution is -2.41. The van der Waals surface area contributed by atoms with Crippen LogP contribution in [0, 0.1) is 5.82 Å². The summed E-state index contributed by atoms with van der Waals surface area (Å²) in [6.45, 7) is 3.77. The summed E-state index contributed by atoms with van der Waals surface area (Å²) in [5.41, 5.74) is 0.635. The molecular formula is C18H20FNO3. The number of hydrogen-bond donors (Lipinski definition) is 1. The van der Waals surface area contributed by atoms with Crippen molar-refractivity contribution >= 4 is 5.91 Å². The Labute approximate surface area is 135 Å². The molecule has 1 N–H and O–H groups in total. The molecule has 1 amide bonds. The van der Waals surface area contributed by atoms with Gasteiger partial charge in [0.2, 0.25) is 0 Å². The summed E-state index contributed by atoms with van der Waals surface area (Å²) in [4.78, 5) is 12.3. The number of rotatable bonds is 5. The minimum absolute atomic E-state index is 0.273. The molecule has 0 fully saturated rings. The van der Waals surface area contributed by atoms with Gasteiger partial charge in [0.15, 0.2) is 11.5 Å². The number of amides is 1. The lowest BCUT2D eigenvalue weighted by atomic mass is 9.93. The molecule has 0 radical (unpaired) electrons. The van der Waals surface area contributed by atoms with E-state index in [9.17, 15) is 9.18 Å². The number of ether oxygens (including phenoxy) is 2. The second kappa shape index (κ2) is 6.69. The Kier molecular flexibility index (Phi) is 4.89. The van der Waals surface area contributed by atoms with Crippen molar-refractivity contribution in [3.05, 3.63) is 59.4 Å². The Morgan fingerprint density at radius 1 is 1.00 bits per heavy atom. The van der Waals surface area contributed by atoms with Crippen LogP contribution in [0.25, 0.3) is 0 Å². The molecule has 0 aliphatic heterocycles. The summed E-state index contributed by atoms with van der Waals surface area (Å²) in [7, 11) is 3.13. The molecular weight excluding hydrogens is 297 g/mol. The molecule has 0 aromatic heterocycles. The van der Waals surface area contributed by atoms with E-state index >= 15 is 0 Å². The highest BCUT2D eigenvalue weighted by Crippen LogP contribution is 2.32. The van der Waals surface area contributed by atoms with Crippen LogP contribution in [0.15, 0.2) is 42.5 Å². The molecule has 0 bridgehead atoms. The average molecular weight is 317 g/mol. The van der Waals surface area contributed by atoms with E-state index in [-0.39, 0.29) is 11.7 Å². The first kappa shape index (κ1) is 16.8. The summed E-state index contributed by atoms with van der Waals surface area (Å²) in [6.07, 6.45) is 0. The van der Waals surface area contributed by atoms with Crippen LogP contribution in [0.3, 0.4) is 0 Å². The molecule has 0 aliphatic carbocycles. The number of benzene rings is 2. The molecule has 0 heterocycles. The number of halogens is 1. The zero-order chi connectivity index (χ0) is 17.0. The summed E-state index contributed by atoms with van der Waals surface area (Å²) < 4.78 is 23.5. The molecule has 2 rings (SSSR count). The first-order chi connectivity index (χ1) is 10.9. The molecule has 0 saturated carbocycles. The molecule has 5 heteroatoms. The second-order valence-electron chi connectivity index (χ2n) is 5.66. The fraction of sp³-hybridized carbons (Fsp3) is 0.278. The summed E-state index contributed by atoms with van der Waals surface area (Å²) in [5.74, 6) is 0.566. The molecule has 2 aromatic carbocycles. The standard InChI is InChI=1S/C18H20FNO3/c1-18(2,13-7-10-15(22-3)16(11-13)23-4)20-17(21)12-5-8-14(19)9-6-12/h5-11H,1-4H3,(H,20,21). The van der Waals surface area contributed by atoms with Crippen molar-refractivity contribution in [2.45, 2.75) is 19.4 Å². The van der Waals surface area contributed by atoms with E-state index < -0.39 is 5.54 Å². The average Bonchev–Trinajstić information content (AvgIpc) is 2.54. The van der Waals surface area contributed by atoms with Crippen LogP contribution >= 0.6 is 0 Å². The predicted octanol–water partition coefficient (Wildman–Crippen LogP) is 3.51. The summed E-state index contributed by atoms with van der Waals surface area (Å²) in [5, 5.41) is 2.94. The van der Waals surface area contributed by atoms with Crippen molar-refractivity contribution in [1.29, 1.82) is 0 Å². The third kappa shape index (κ3) is 3.80. The lowest BCUT2D eigenvalue weighted by Gasteiger charge is -2.27. The maximum Gasteiger partial charge on any atom is 0.251 e. The maximum absolute atomic E-state index is 13.0. The molecule has 0 unspecified atom stereocenters. The van der Waals surface area contributed by atoms with E-state index in [1.165, 1.54) is 24.3 Å². The first-order valence-corrected chi connectivity index (χ1v) is 7.18. The Bertz CT molecular complexity index is 696. The Morgan fingerprint density at radius 2 is 1.61 bits per heavy atom. The van der Waals surface area contributed by atoms with E-state index in [4.69, 9.17) is 9.47 Å². The largest absolute Gasteiger partial charge is 0.493 e. The second-order valence-corrected chi connectivity index (χ2v) is 5.66. The number of hydrogen-bond acceptors (Lipinski definition) is 3. The molecule has 2 aromatic rings. The molecule has 4 nitrogen and oxygen atoms in total. The van der Waals surface area contributed by atoms with Crippen molar-refractivity contribution in [3.8, 4) is 11.5 Å². The monoisotopic (exact) mass is 317 g/mol. The van der Waals surface area contributed by atoms with Gasteiger partial charge in [0, 0.05) is 5.56 Å². The van der Waals surface area contributed by atoms with Gasteiger partial charge in [-0.05, 0) is 55.8 Å². The minimum atomic E-state index is -0.634. The minimum Gasteiger partial charge on any atom is -0.493 e. The zero-order valence-electron chi connectivity index (χ0n) is 13.6. The predicted molar refractivity (Wildman–Crippen MR) is 86.4 cm³/mol. The molecule has 0 aliphatic rings. The highest BCUT2D eigenvalue weighted by atomic mass is 19.1. The van der Waals surface area contributed by atoms with Gasteiger partial charge in [-0.1, -0.05) is 6.07 Å². The fourth-order valence-corrected chi connectivity index (χ4v) is 2.25. The van der Waals surface area contributed by atoms with Crippen LogP contribution in [-0.4, -0.2) is 20.1 Å². The lowest BCUT2D eigenvalue weighted by molar-refractivity contribution is 0.0912. The van der Waals surface area contributed by atoms with Gasteiger partial charge in [-0.2, -0.15) is 0 Å². The van der Waals surface area contributed by atoms with Crippen molar-refractivity contribution in [3.63, 3.8) is 0 Å². The van der Waals surface area contributed by atoms with Gasteiger partial charge in [-0.15, -0.1) is 0 Å². The van der Waals surface area contributed by atoms with Crippen molar-refractivity contribution < 1.29 is 18.7 Å². The van der Waals surface area contributed by atoms with Gasteiger partial charge in [-0.25, -0.2) is 4.39 Å². The number of nitrogens with one attached hydrogen (secondary N) is 1. The Morgan fingerprint density at radius 3 is 2.17 bits per heavy atom. The zero-order valence-corrected chi connectivity index (χ0v) is 13.6. The molecule has 122 valence electrons. The van der Waals surface area contributed by atoms with Gasteiger partial charge in [0.05, 0.1) is 19.8 Å². The quantitative estimate of drug-likeness (QED) is 0.918. The smallest absolute Gasteiger partial charge is 0.251 e. The van der Waals surface area contributed by atoms with Gasteiger partial charge in [0.25, 0.3) is 5.91 Å². The third-order valence-electron chi connectivity index (χ3n) is 3.64. The molecule has 0 saturated heterocycles. The van der Waals surface area contributed by atoms with Crippen LogP contribution in [0.4, 0.5) is 4.39 Å². The number of carbonyl (C=O) groups is 1. The molecule has 0 atom stereocenters. The van der Waals surface area contributed by atoms with Crippen molar-refractivity contribution in [1.82, 2.24) is 5.32 Å². The third-order valence-corrected chi connectivity index (χ3v) is 3.64. The van der Waals surface area contributed by atoms with E-state index in [1.54, 1.807) is 20.3 Å². The number of methoxy groups -OCH3 is 2. The van der Waals surface area contributed by atoms with Gasteiger partial charge in [0.1, 0.15) is 5.82 Å². The van der Waals surface area contributed by atoms with E-state index in [0.29, 0.717) is 17.1 Å². The van der Waals surface area contributed by atoms with Gasteiger partial charge in [-0.3, -0.25) is 4.79 Å². The van der Waals surface area contributed by atoms with Gasteiger partial charge >= 0.3 is 0 Å². The summed E-state index contributed by atoms with van der Waals surface area (Å²) in [6, 6.07) is 10.9. The Balaban J connectivity index is 2.24. The topological polar surface area (TPSA) is 47.6 Å². The maximum atomic E-state index is 13.0. The van der Waals surface area contributed by atoms with Crippen LogP contribution in [0.5, 0.6) is 11.5 Å². The number of carbonyl (C=O) groups excluding carboxylic acids is 1. The molecule has 23 heavy (non-hydrogen) atoms. The highest BCUT2D eigenvalue weighted by molar-refractivity contribution is 5.94. The van der Waals surface area contributed by atoms with E-state index in [2.05, 4.69) is 5.32 Å². The van der Waals surface area contributed by atoms with Crippen molar-refractivity contribution in [2.75, 3.05) is 14.2 Å². The van der Waals surface area contributed by atoms with Crippen molar-refractivity contribution in [2.24, 2.45) is 0 Å². The SMILES string of the molecule is COc1ccc(C(C)(C)NC(=O)c2ccc(F)cc2)cc1OC. The van der Waals surface area contributed by atoms with Crippen LogP contribution in [0.2, 0.25) is 0 Å². The summed E-state index contributed by atoms with van der Waals surface area (Å²) >= 11 is 0. The van der Waals surface area contributed by atoms with E-state index in [0.717, 1.165) is 5.56 Å². The van der Waals surface area contributed by atoms with E-state index in [1.807, 2.05) is 26.0 Å². The first-order valence-electron chi connectivity index (χ1n) is 7.18. The molecule has 0 spiro atoms. The van der Waals surface area contributed by atoms with Gasteiger partial charge < -0.3 is 14.8 Å². The fourth-order valence-electron chi connectivity index (χ4n) is 2.25. The normalized spacial score (nSPS) is 11.0.